The summed E-state index contributed by atoms with van der Waals surface area (Å²) in [5, 5.41) is 0. The molecule has 0 saturated heterocycles. The van der Waals surface area contributed by atoms with Crippen LogP contribution in [0.3, 0.4) is 0 Å². The summed E-state index contributed by atoms with van der Waals surface area (Å²) in [5.41, 5.74) is 5.61. The Kier molecular flexibility index (Phi) is 7.34. The molecule has 0 fully saturated rings. The lowest BCUT2D eigenvalue weighted by Crippen LogP contribution is -2.44. The molecule has 1 nitrogen and oxygen atoms in total. The predicted molar refractivity (Wildman–Crippen MR) is 136 cm³/mol. The fourth-order valence-electron chi connectivity index (χ4n) is 4.27. The molecule has 170 valence electrons. The van der Waals surface area contributed by atoms with Crippen molar-refractivity contribution in [3.8, 4) is 0 Å². The monoisotopic (exact) mass is 455 g/mol. The SMILES string of the molecule is CN(C)C/C(=C(\B(c1ccc(F)cc1)c1ccc(F)cc1)c1ccc(F)cc1)c1ccccc1. The van der Waals surface area contributed by atoms with Crippen molar-refractivity contribution in [2.45, 2.75) is 0 Å². The van der Waals surface area contributed by atoms with Crippen molar-refractivity contribution in [3.05, 3.63) is 132 Å². The molecular formula is C29H25BF3N. The smallest absolute Gasteiger partial charge is 0.242 e. The Morgan fingerprint density at radius 2 is 1.03 bits per heavy atom. The summed E-state index contributed by atoms with van der Waals surface area (Å²) in [5.74, 6) is -0.979. The maximum atomic E-state index is 13.9. The first-order chi connectivity index (χ1) is 16.4. The molecule has 0 aliphatic heterocycles. The fourth-order valence-corrected chi connectivity index (χ4v) is 4.27. The minimum Gasteiger partial charge on any atom is -0.305 e. The molecule has 0 saturated carbocycles. The number of halogens is 3. The van der Waals surface area contributed by atoms with E-state index in [1.165, 1.54) is 36.4 Å². The zero-order chi connectivity index (χ0) is 24.1. The quantitative estimate of drug-likeness (QED) is 0.266. The minimum absolute atomic E-state index is 0.322. The Morgan fingerprint density at radius 3 is 1.47 bits per heavy atom. The fraction of sp³-hybridized carbons (Fsp3) is 0.103. The molecule has 0 spiro atoms. The first kappa shape index (κ1) is 23.6. The maximum absolute atomic E-state index is 13.9. The Balaban J connectivity index is 2.07. The Hall–Kier alpha value is -3.57. The average Bonchev–Trinajstić information content (AvgIpc) is 2.84. The molecule has 0 aliphatic carbocycles. The number of rotatable bonds is 7. The standard InChI is InChI=1S/C29H25BF3N/c1-34(2)20-28(21-6-4-3-5-7-21)29(22-8-14-25(31)15-9-22)30(23-10-16-26(32)17-11-23)24-12-18-27(33)19-13-24/h3-19H,20H2,1-2H3/b29-28+. The van der Waals surface area contributed by atoms with Gasteiger partial charge in [-0.05, 0) is 67.2 Å². The summed E-state index contributed by atoms with van der Waals surface area (Å²) in [6.07, 6.45) is 0. The third-order valence-electron chi connectivity index (χ3n) is 5.77. The van der Waals surface area contributed by atoms with Gasteiger partial charge in [-0.25, -0.2) is 13.2 Å². The van der Waals surface area contributed by atoms with Crippen LogP contribution >= 0.6 is 0 Å². The highest BCUT2D eigenvalue weighted by Crippen LogP contribution is 2.30. The second kappa shape index (κ2) is 10.6. The van der Waals surface area contributed by atoms with Crippen LogP contribution in [0.15, 0.2) is 103 Å². The van der Waals surface area contributed by atoms with E-state index in [-0.39, 0.29) is 24.2 Å². The molecule has 0 heterocycles. The molecule has 4 aromatic rings. The van der Waals surface area contributed by atoms with Crippen molar-refractivity contribution < 1.29 is 13.2 Å². The molecule has 0 radical (unpaired) electrons. The van der Waals surface area contributed by atoms with Gasteiger partial charge in [0.05, 0.1) is 0 Å². The molecule has 0 aliphatic rings. The summed E-state index contributed by atoms with van der Waals surface area (Å²) in [6, 6.07) is 29.2. The van der Waals surface area contributed by atoms with E-state index in [0.29, 0.717) is 6.54 Å². The molecule has 0 bridgehead atoms. The zero-order valence-corrected chi connectivity index (χ0v) is 19.2. The molecule has 0 unspecified atom stereocenters. The second-order valence-corrected chi connectivity index (χ2v) is 8.54. The van der Waals surface area contributed by atoms with Gasteiger partial charge in [0.2, 0.25) is 6.71 Å². The lowest BCUT2D eigenvalue weighted by Gasteiger charge is -2.26. The van der Waals surface area contributed by atoms with Gasteiger partial charge in [-0.3, -0.25) is 0 Å². The lowest BCUT2D eigenvalue weighted by molar-refractivity contribution is 0.463. The summed E-state index contributed by atoms with van der Waals surface area (Å²) in [6.45, 7) is 0.289. The van der Waals surface area contributed by atoms with E-state index >= 15 is 0 Å². The number of hydrogen-bond acceptors (Lipinski definition) is 1. The Morgan fingerprint density at radius 1 is 0.588 bits per heavy atom. The first-order valence-corrected chi connectivity index (χ1v) is 11.1. The van der Waals surface area contributed by atoms with Crippen LogP contribution in [0.25, 0.3) is 11.0 Å². The molecular weight excluding hydrogens is 430 g/mol. The van der Waals surface area contributed by atoms with Crippen LogP contribution in [0.4, 0.5) is 13.2 Å². The van der Waals surface area contributed by atoms with Crippen LogP contribution in [0.5, 0.6) is 0 Å². The van der Waals surface area contributed by atoms with Gasteiger partial charge in [-0.2, -0.15) is 0 Å². The van der Waals surface area contributed by atoms with Gasteiger partial charge in [0.1, 0.15) is 17.5 Å². The van der Waals surface area contributed by atoms with Gasteiger partial charge in [0.15, 0.2) is 0 Å². The predicted octanol–water partition coefficient (Wildman–Crippen LogP) is 5.42. The van der Waals surface area contributed by atoms with Crippen molar-refractivity contribution in [1.82, 2.24) is 4.90 Å². The molecule has 0 N–H and O–H groups in total. The largest absolute Gasteiger partial charge is 0.305 e. The summed E-state index contributed by atoms with van der Waals surface area (Å²) < 4.78 is 41.6. The van der Waals surface area contributed by atoms with Crippen LogP contribution in [0.1, 0.15) is 11.1 Å². The molecule has 4 rings (SSSR count). The molecule has 0 amide bonds. The van der Waals surface area contributed by atoms with Crippen molar-refractivity contribution in [3.63, 3.8) is 0 Å². The summed E-state index contributed by atoms with van der Waals surface area (Å²) in [4.78, 5) is 2.08. The molecule has 0 aromatic heterocycles. The molecule has 4 aromatic carbocycles. The highest BCUT2D eigenvalue weighted by Gasteiger charge is 2.29. The van der Waals surface area contributed by atoms with E-state index in [9.17, 15) is 13.2 Å². The van der Waals surface area contributed by atoms with Crippen molar-refractivity contribution in [1.29, 1.82) is 0 Å². The van der Waals surface area contributed by atoms with E-state index in [2.05, 4.69) is 17.0 Å². The Bertz CT molecular complexity index is 1200. The summed E-state index contributed by atoms with van der Waals surface area (Å²) >= 11 is 0. The van der Waals surface area contributed by atoms with Crippen molar-refractivity contribution in [2.75, 3.05) is 20.6 Å². The van der Waals surface area contributed by atoms with E-state index in [0.717, 1.165) is 33.1 Å². The molecule has 34 heavy (non-hydrogen) atoms. The van der Waals surface area contributed by atoms with E-state index in [1.807, 2.05) is 32.3 Å². The second-order valence-electron chi connectivity index (χ2n) is 8.54. The number of hydrogen-bond donors (Lipinski definition) is 0. The van der Waals surface area contributed by atoms with Crippen LogP contribution in [0.2, 0.25) is 0 Å². The maximum Gasteiger partial charge on any atom is 0.242 e. The normalized spacial score (nSPS) is 11.9. The van der Waals surface area contributed by atoms with Gasteiger partial charge in [0.25, 0.3) is 0 Å². The Labute approximate surface area is 199 Å². The molecule has 5 heteroatoms. The van der Waals surface area contributed by atoms with Crippen LogP contribution in [-0.2, 0) is 0 Å². The third kappa shape index (κ3) is 5.49. The zero-order valence-electron chi connectivity index (χ0n) is 19.2. The van der Waals surface area contributed by atoms with Gasteiger partial charge in [-0.15, -0.1) is 0 Å². The topological polar surface area (TPSA) is 3.24 Å². The number of benzene rings is 4. The first-order valence-electron chi connectivity index (χ1n) is 11.1. The lowest BCUT2D eigenvalue weighted by atomic mass is 9.34. The van der Waals surface area contributed by atoms with Crippen LogP contribution in [-0.4, -0.2) is 32.3 Å². The van der Waals surface area contributed by atoms with Gasteiger partial charge >= 0.3 is 0 Å². The highest BCUT2D eigenvalue weighted by atomic mass is 19.1. The average molecular weight is 455 g/mol. The van der Waals surface area contributed by atoms with Gasteiger partial charge in [0, 0.05) is 6.54 Å². The number of likely N-dealkylation sites (N-methyl/N-ethyl adjacent to an activating group) is 1. The number of nitrogens with zero attached hydrogens (tertiary/aromatic N) is 1. The van der Waals surface area contributed by atoms with E-state index in [4.69, 9.17) is 0 Å². The van der Waals surface area contributed by atoms with Gasteiger partial charge in [-0.1, -0.05) is 83.1 Å². The van der Waals surface area contributed by atoms with Crippen LogP contribution in [0, 0.1) is 17.5 Å². The summed E-state index contributed by atoms with van der Waals surface area (Å²) in [7, 11) is 3.99. The van der Waals surface area contributed by atoms with Gasteiger partial charge < -0.3 is 4.90 Å². The molecule has 0 atom stereocenters. The van der Waals surface area contributed by atoms with E-state index < -0.39 is 0 Å². The van der Waals surface area contributed by atoms with Crippen molar-refractivity contribution in [2.24, 2.45) is 0 Å². The minimum atomic E-state index is -0.332. The van der Waals surface area contributed by atoms with Crippen LogP contribution < -0.4 is 10.9 Å². The highest BCUT2D eigenvalue weighted by molar-refractivity contribution is 7.00. The van der Waals surface area contributed by atoms with E-state index in [1.54, 1.807) is 36.4 Å². The van der Waals surface area contributed by atoms with Crippen molar-refractivity contribution >= 4 is 28.7 Å². The third-order valence-corrected chi connectivity index (χ3v) is 5.77.